The van der Waals surface area contributed by atoms with Crippen molar-refractivity contribution in [3.8, 4) is 0 Å². The van der Waals surface area contributed by atoms with Crippen molar-refractivity contribution < 1.29 is 9.90 Å². The summed E-state index contributed by atoms with van der Waals surface area (Å²) in [5, 5.41) is 12.7. The van der Waals surface area contributed by atoms with Gasteiger partial charge in [0.2, 0.25) is 5.91 Å². The molecular formula is C10H18N2O2. The van der Waals surface area contributed by atoms with Gasteiger partial charge in [0.25, 0.3) is 0 Å². The molecule has 0 spiro atoms. The topological polar surface area (TPSA) is 52.6 Å². The molecule has 2 rings (SSSR count). The van der Waals surface area contributed by atoms with Crippen LogP contribution in [0.1, 0.15) is 25.7 Å². The minimum absolute atomic E-state index is 0.117. The van der Waals surface area contributed by atoms with Crippen molar-refractivity contribution in [1.82, 2.24) is 10.2 Å². The van der Waals surface area contributed by atoms with Gasteiger partial charge in [0, 0.05) is 19.1 Å². The molecule has 2 unspecified atom stereocenters. The number of β-amino-alcohol motifs (C(OH)–C–C–N with tert-alkyl or cyclic N) is 1. The number of nitrogens with one attached hydrogen (secondary N) is 1. The van der Waals surface area contributed by atoms with Crippen molar-refractivity contribution in [2.75, 3.05) is 19.6 Å². The van der Waals surface area contributed by atoms with E-state index >= 15 is 0 Å². The molecule has 0 saturated carbocycles. The number of nitrogens with zero attached hydrogens (tertiary/aromatic N) is 1. The highest BCUT2D eigenvalue weighted by Crippen LogP contribution is 2.18. The van der Waals surface area contributed by atoms with Crippen LogP contribution in [0.25, 0.3) is 0 Å². The van der Waals surface area contributed by atoms with Crippen LogP contribution in [-0.2, 0) is 4.79 Å². The van der Waals surface area contributed by atoms with E-state index in [9.17, 15) is 9.90 Å². The fourth-order valence-electron chi connectivity index (χ4n) is 2.33. The van der Waals surface area contributed by atoms with Gasteiger partial charge in [0.1, 0.15) is 0 Å². The van der Waals surface area contributed by atoms with E-state index in [4.69, 9.17) is 0 Å². The molecular weight excluding hydrogens is 180 g/mol. The Morgan fingerprint density at radius 3 is 3.00 bits per heavy atom. The molecule has 2 fully saturated rings. The number of amides is 1. The quantitative estimate of drug-likeness (QED) is 0.609. The second-order valence-electron chi connectivity index (χ2n) is 4.26. The summed E-state index contributed by atoms with van der Waals surface area (Å²) >= 11 is 0. The summed E-state index contributed by atoms with van der Waals surface area (Å²) in [7, 11) is 0. The van der Waals surface area contributed by atoms with Crippen molar-refractivity contribution in [3.63, 3.8) is 0 Å². The van der Waals surface area contributed by atoms with Gasteiger partial charge >= 0.3 is 0 Å². The number of aliphatic hydroxyl groups is 1. The predicted octanol–water partition coefficient (Wildman–Crippen LogP) is -0.278. The normalized spacial score (nSPS) is 34.6. The molecule has 0 aliphatic carbocycles. The Labute approximate surface area is 84.3 Å². The number of carbonyl (C=O) groups excluding carboxylic acids is 1. The smallest absolute Gasteiger partial charge is 0.225 e. The van der Waals surface area contributed by atoms with Crippen LogP contribution in [0, 0.1) is 0 Å². The van der Waals surface area contributed by atoms with E-state index in [2.05, 4.69) is 5.32 Å². The number of carbonyl (C=O) groups is 1. The minimum atomic E-state index is -0.439. The summed E-state index contributed by atoms with van der Waals surface area (Å²) in [6, 6.07) is 0.308. The van der Waals surface area contributed by atoms with Gasteiger partial charge in [-0.15, -0.1) is 0 Å². The largest absolute Gasteiger partial charge is 0.391 e. The van der Waals surface area contributed by atoms with Gasteiger partial charge in [-0.25, -0.2) is 0 Å². The summed E-state index contributed by atoms with van der Waals surface area (Å²) in [5.74, 6) is 0.117. The molecule has 0 bridgehead atoms. The van der Waals surface area contributed by atoms with Gasteiger partial charge in [-0.2, -0.15) is 0 Å². The highest BCUT2D eigenvalue weighted by Gasteiger charge is 2.33. The van der Waals surface area contributed by atoms with Crippen molar-refractivity contribution >= 4 is 5.91 Å². The zero-order valence-corrected chi connectivity index (χ0v) is 8.41. The van der Waals surface area contributed by atoms with Gasteiger partial charge in [0.05, 0.1) is 12.5 Å². The second-order valence-corrected chi connectivity index (χ2v) is 4.26. The molecule has 0 aromatic rings. The Balaban J connectivity index is 1.95. The maximum atomic E-state index is 11.5. The average molecular weight is 198 g/mol. The van der Waals surface area contributed by atoms with Crippen molar-refractivity contribution in [2.24, 2.45) is 0 Å². The molecule has 2 N–H and O–H groups in total. The van der Waals surface area contributed by atoms with Gasteiger partial charge in [0.15, 0.2) is 0 Å². The van der Waals surface area contributed by atoms with E-state index in [-0.39, 0.29) is 5.91 Å². The van der Waals surface area contributed by atoms with E-state index < -0.39 is 6.10 Å². The highest BCUT2D eigenvalue weighted by atomic mass is 16.3. The Morgan fingerprint density at radius 1 is 1.43 bits per heavy atom. The van der Waals surface area contributed by atoms with Crippen LogP contribution >= 0.6 is 0 Å². The monoisotopic (exact) mass is 198 g/mol. The zero-order chi connectivity index (χ0) is 9.97. The third-order valence-electron chi connectivity index (χ3n) is 3.10. The molecule has 2 aliphatic rings. The van der Waals surface area contributed by atoms with Crippen LogP contribution in [0.3, 0.4) is 0 Å². The van der Waals surface area contributed by atoms with Crippen molar-refractivity contribution in [1.29, 1.82) is 0 Å². The lowest BCUT2D eigenvalue weighted by Crippen LogP contribution is -2.42. The van der Waals surface area contributed by atoms with E-state index in [0.717, 1.165) is 19.5 Å². The molecule has 0 aromatic heterocycles. The SMILES string of the molecule is O=C1CC(O)CN1C1CCCCNC1. The molecule has 2 saturated heterocycles. The van der Waals surface area contributed by atoms with Crippen LogP contribution in [0.4, 0.5) is 0 Å². The van der Waals surface area contributed by atoms with Crippen LogP contribution in [0.15, 0.2) is 0 Å². The highest BCUT2D eigenvalue weighted by molar-refractivity contribution is 5.79. The number of hydrogen-bond acceptors (Lipinski definition) is 3. The number of rotatable bonds is 1. The molecule has 80 valence electrons. The zero-order valence-electron chi connectivity index (χ0n) is 8.41. The molecule has 0 radical (unpaired) electrons. The van der Waals surface area contributed by atoms with Crippen LogP contribution in [0.5, 0.6) is 0 Å². The molecule has 1 amide bonds. The van der Waals surface area contributed by atoms with Gasteiger partial charge in [-0.3, -0.25) is 4.79 Å². The maximum Gasteiger partial charge on any atom is 0.225 e. The lowest BCUT2D eigenvalue weighted by atomic mass is 10.1. The van der Waals surface area contributed by atoms with E-state index in [0.29, 0.717) is 19.0 Å². The van der Waals surface area contributed by atoms with Gasteiger partial charge < -0.3 is 15.3 Å². The number of likely N-dealkylation sites (tertiary alicyclic amines) is 1. The fraction of sp³-hybridized carbons (Fsp3) is 0.900. The first-order chi connectivity index (χ1) is 6.77. The van der Waals surface area contributed by atoms with E-state index in [1.54, 1.807) is 0 Å². The Hall–Kier alpha value is -0.610. The summed E-state index contributed by atoms with van der Waals surface area (Å²) in [5.41, 5.74) is 0. The van der Waals surface area contributed by atoms with E-state index in [1.807, 2.05) is 4.90 Å². The lowest BCUT2D eigenvalue weighted by Gasteiger charge is -2.26. The Morgan fingerprint density at radius 2 is 2.29 bits per heavy atom. The lowest BCUT2D eigenvalue weighted by molar-refractivity contribution is -0.129. The first-order valence-corrected chi connectivity index (χ1v) is 5.45. The summed E-state index contributed by atoms with van der Waals surface area (Å²) in [6.45, 7) is 2.48. The standard InChI is InChI=1S/C10H18N2O2/c13-9-5-10(14)12(7-9)8-3-1-2-4-11-6-8/h8-9,11,13H,1-7H2. The molecule has 0 aromatic carbocycles. The maximum absolute atomic E-state index is 11.5. The molecule has 4 heteroatoms. The Bertz CT molecular complexity index is 212. The van der Waals surface area contributed by atoms with E-state index in [1.165, 1.54) is 12.8 Å². The molecule has 2 aliphatic heterocycles. The molecule has 4 nitrogen and oxygen atoms in total. The predicted molar refractivity (Wildman–Crippen MR) is 52.8 cm³/mol. The third-order valence-corrected chi connectivity index (χ3v) is 3.10. The summed E-state index contributed by atoms with van der Waals surface area (Å²) in [4.78, 5) is 13.4. The summed E-state index contributed by atoms with van der Waals surface area (Å²) in [6.07, 6.45) is 3.33. The van der Waals surface area contributed by atoms with Crippen LogP contribution in [0.2, 0.25) is 0 Å². The molecule has 2 heterocycles. The van der Waals surface area contributed by atoms with Crippen molar-refractivity contribution in [2.45, 2.75) is 37.8 Å². The minimum Gasteiger partial charge on any atom is -0.391 e. The number of hydrogen-bond donors (Lipinski definition) is 2. The first-order valence-electron chi connectivity index (χ1n) is 5.45. The van der Waals surface area contributed by atoms with Crippen LogP contribution in [-0.4, -0.2) is 47.7 Å². The van der Waals surface area contributed by atoms with Crippen molar-refractivity contribution in [3.05, 3.63) is 0 Å². The van der Waals surface area contributed by atoms with Gasteiger partial charge in [-0.1, -0.05) is 6.42 Å². The van der Waals surface area contributed by atoms with Gasteiger partial charge in [-0.05, 0) is 19.4 Å². The third kappa shape index (κ3) is 2.07. The molecule has 2 atom stereocenters. The number of aliphatic hydroxyl groups excluding tert-OH is 1. The first kappa shape index (κ1) is 9.93. The molecule has 14 heavy (non-hydrogen) atoms. The fourth-order valence-corrected chi connectivity index (χ4v) is 2.33. The average Bonchev–Trinajstić information content (AvgIpc) is 2.43. The van der Waals surface area contributed by atoms with Crippen LogP contribution < -0.4 is 5.32 Å². The Kier molecular flexibility index (Phi) is 3.03. The summed E-state index contributed by atoms with van der Waals surface area (Å²) < 4.78 is 0. The second kappa shape index (κ2) is 4.28.